The summed E-state index contributed by atoms with van der Waals surface area (Å²) in [5, 5.41) is 2.89. The average Bonchev–Trinajstić information content (AvgIpc) is 2.64. The van der Waals surface area contributed by atoms with E-state index in [1.165, 1.54) is 18.2 Å². The van der Waals surface area contributed by atoms with E-state index in [0.29, 0.717) is 17.8 Å². The van der Waals surface area contributed by atoms with Crippen molar-refractivity contribution in [2.75, 3.05) is 25.5 Å². The van der Waals surface area contributed by atoms with Gasteiger partial charge < -0.3 is 10.1 Å². The van der Waals surface area contributed by atoms with E-state index < -0.39 is 5.97 Å². The maximum atomic E-state index is 12.4. The molecule has 0 saturated carbocycles. The zero-order valence-corrected chi connectivity index (χ0v) is 14.5. The van der Waals surface area contributed by atoms with Crippen LogP contribution in [0, 0.1) is 0 Å². The molecule has 2 aromatic carbocycles. The molecule has 5 heteroatoms. The van der Waals surface area contributed by atoms with Gasteiger partial charge in [0.05, 0.1) is 19.2 Å². The molecule has 3 rings (SSSR count). The summed E-state index contributed by atoms with van der Waals surface area (Å²) in [4.78, 5) is 26.0. The van der Waals surface area contributed by atoms with Crippen molar-refractivity contribution in [1.29, 1.82) is 0 Å². The Hall–Kier alpha value is -2.66. The number of fused-ring (bicyclic) bond motifs is 1. The minimum Gasteiger partial charge on any atom is -0.465 e. The molecule has 0 saturated heterocycles. The van der Waals surface area contributed by atoms with Gasteiger partial charge in [-0.15, -0.1) is 0 Å². The Morgan fingerprint density at radius 2 is 1.88 bits per heavy atom. The first kappa shape index (κ1) is 17.2. The van der Waals surface area contributed by atoms with Crippen LogP contribution < -0.4 is 5.32 Å². The summed E-state index contributed by atoms with van der Waals surface area (Å²) in [5.74, 6) is -0.448. The number of rotatable bonds is 4. The number of ether oxygens (including phenoxy) is 1. The molecule has 1 N–H and O–H groups in total. The molecule has 1 atom stereocenters. The van der Waals surface area contributed by atoms with Crippen LogP contribution in [-0.2, 0) is 16.0 Å². The second-order valence-corrected chi connectivity index (χ2v) is 6.21. The number of carbonyl (C=O) groups is 2. The molecule has 25 heavy (non-hydrogen) atoms. The minimum atomic E-state index is -0.390. The normalized spacial score (nSPS) is 16.8. The zero-order valence-electron chi connectivity index (χ0n) is 14.5. The summed E-state index contributed by atoms with van der Waals surface area (Å²) < 4.78 is 4.67. The fraction of sp³-hybridized carbons (Fsp3) is 0.300. The molecule has 1 amide bonds. The SMILES string of the molecule is COC(=O)c1ccc(NC(=O)CN2CCc3ccccc3C2C)cc1. The van der Waals surface area contributed by atoms with Gasteiger partial charge in [-0.1, -0.05) is 24.3 Å². The van der Waals surface area contributed by atoms with E-state index in [9.17, 15) is 9.59 Å². The number of carbonyl (C=O) groups excluding carboxylic acids is 2. The smallest absolute Gasteiger partial charge is 0.337 e. The van der Waals surface area contributed by atoms with Crippen LogP contribution in [0.15, 0.2) is 48.5 Å². The molecule has 1 unspecified atom stereocenters. The van der Waals surface area contributed by atoms with E-state index in [0.717, 1.165) is 13.0 Å². The third-order valence-corrected chi connectivity index (χ3v) is 4.66. The van der Waals surface area contributed by atoms with Gasteiger partial charge in [0.25, 0.3) is 0 Å². The Morgan fingerprint density at radius 3 is 2.60 bits per heavy atom. The fourth-order valence-electron chi connectivity index (χ4n) is 3.23. The molecule has 0 aliphatic carbocycles. The van der Waals surface area contributed by atoms with Crippen LogP contribution in [0.2, 0.25) is 0 Å². The molecule has 0 aromatic heterocycles. The van der Waals surface area contributed by atoms with Gasteiger partial charge in [-0.25, -0.2) is 4.79 Å². The Morgan fingerprint density at radius 1 is 1.16 bits per heavy atom. The first-order chi connectivity index (χ1) is 12.1. The lowest BCUT2D eigenvalue weighted by Crippen LogP contribution is -2.39. The molecule has 1 aliphatic heterocycles. The van der Waals surface area contributed by atoms with Crippen LogP contribution in [0.5, 0.6) is 0 Å². The summed E-state index contributed by atoms with van der Waals surface area (Å²) >= 11 is 0. The van der Waals surface area contributed by atoms with E-state index in [-0.39, 0.29) is 11.9 Å². The second kappa shape index (κ2) is 7.49. The monoisotopic (exact) mass is 338 g/mol. The molecule has 1 heterocycles. The number of hydrogen-bond donors (Lipinski definition) is 1. The van der Waals surface area contributed by atoms with E-state index in [1.807, 2.05) is 6.07 Å². The highest BCUT2D eigenvalue weighted by Gasteiger charge is 2.24. The number of methoxy groups -OCH3 is 1. The Labute approximate surface area is 147 Å². The maximum Gasteiger partial charge on any atom is 0.337 e. The van der Waals surface area contributed by atoms with Crippen molar-refractivity contribution in [3.63, 3.8) is 0 Å². The minimum absolute atomic E-state index is 0.0583. The Kier molecular flexibility index (Phi) is 5.14. The van der Waals surface area contributed by atoms with Crippen molar-refractivity contribution in [3.8, 4) is 0 Å². The maximum absolute atomic E-state index is 12.4. The highest BCUT2D eigenvalue weighted by molar-refractivity contribution is 5.94. The highest BCUT2D eigenvalue weighted by atomic mass is 16.5. The molecule has 0 fully saturated rings. The number of nitrogens with one attached hydrogen (secondary N) is 1. The number of esters is 1. The number of hydrogen-bond acceptors (Lipinski definition) is 4. The number of anilines is 1. The summed E-state index contributed by atoms with van der Waals surface area (Å²) in [6.45, 7) is 3.34. The number of amides is 1. The van der Waals surface area contributed by atoms with E-state index in [4.69, 9.17) is 0 Å². The molecular weight excluding hydrogens is 316 g/mol. The lowest BCUT2D eigenvalue weighted by molar-refractivity contribution is -0.117. The molecular formula is C20H22N2O3. The second-order valence-electron chi connectivity index (χ2n) is 6.21. The molecule has 0 bridgehead atoms. The molecule has 1 aliphatic rings. The average molecular weight is 338 g/mol. The van der Waals surface area contributed by atoms with Gasteiger partial charge in [0, 0.05) is 18.3 Å². The van der Waals surface area contributed by atoms with Gasteiger partial charge in [0.2, 0.25) is 5.91 Å². The lowest BCUT2D eigenvalue weighted by atomic mass is 9.94. The van der Waals surface area contributed by atoms with Crippen LogP contribution in [-0.4, -0.2) is 37.0 Å². The van der Waals surface area contributed by atoms with Crippen molar-refractivity contribution < 1.29 is 14.3 Å². The predicted molar refractivity (Wildman–Crippen MR) is 96.5 cm³/mol. The van der Waals surface area contributed by atoms with Gasteiger partial charge in [0.1, 0.15) is 0 Å². The third kappa shape index (κ3) is 3.88. The van der Waals surface area contributed by atoms with Gasteiger partial charge in [-0.05, 0) is 48.7 Å². The van der Waals surface area contributed by atoms with Crippen molar-refractivity contribution in [2.45, 2.75) is 19.4 Å². The first-order valence-electron chi connectivity index (χ1n) is 8.38. The zero-order chi connectivity index (χ0) is 17.8. The van der Waals surface area contributed by atoms with Crippen molar-refractivity contribution in [2.24, 2.45) is 0 Å². The van der Waals surface area contributed by atoms with E-state index in [1.54, 1.807) is 24.3 Å². The number of benzene rings is 2. The quantitative estimate of drug-likeness (QED) is 0.871. The van der Waals surface area contributed by atoms with Crippen LogP contribution in [0.4, 0.5) is 5.69 Å². The summed E-state index contributed by atoms with van der Waals surface area (Å²) in [6.07, 6.45) is 0.960. The lowest BCUT2D eigenvalue weighted by Gasteiger charge is -2.34. The van der Waals surface area contributed by atoms with Gasteiger partial charge >= 0.3 is 5.97 Å². The van der Waals surface area contributed by atoms with Gasteiger partial charge in [-0.2, -0.15) is 0 Å². The standard InChI is InChI=1S/C20H22N2O3/c1-14-18-6-4-3-5-15(18)11-12-22(14)13-19(23)21-17-9-7-16(8-10-17)20(24)25-2/h3-10,14H,11-13H2,1-2H3,(H,21,23). The first-order valence-corrected chi connectivity index (χ1v) is 8.38. The van der Waals surface area contributed by atoms with Crippen LogP contribution in [0.1, 0.15) is 34.5 Å². The van der Waals surface area contributed by atoms with Crippen LogP contribution in [0.3, 0.4) is 0 Å². The molecule has 2 aromatic rings. The molecule has 5 nitrogen and oxygen atoms in total. The Bertz CT molecular complexity index is 771. The largest absolute Gasteiger partial charge is 0.465 e. The summed E-state index contributed by atoms with van der Waals surface area (Å²) in [5.41, 5.74) is 3.79. The fourth-order valence-corrected chi connectivity index (χ4v) is 3.23. The van der Waals surface area contributed by atoms with Crippen LogP contribution in [0.25, 0.3) is 0 Å². The summed E-state index contributed by atoms with van der Waals surface area (Å²) in [7, 11) is 1.34. The molecule has 0 spiro atoms. The van der Waals surface area contributed by atoms with Crippen molar-refractivity contribution in [3.05, 3.63) is 65.2 Å². The van der Waals surface area contributed by atoms with Crippen molar-refractivity contribution in [1.82, 2.24) is 4.90 Å². The van der Waals surface area contributed by atoms with Crippen LogP contribution >= 0.6 is 0 Å². The molecule has 0 radical (unpaired) electrons. The number of nitrogens with zero attached hydrogens (tertiary/aromatic N) is 1. The van der Waals surface area contributed by atoms with E-state index in [2.05, 4.69) is 40.1 Å². The summed E-state index contributed by atoms with van der Waals surface area (Å²) in [6, 6.07) is 15.3. The highest BCUT2D eigenvalue weighted by Crippen LogP contribution is 2.28. The van der Waals surface area contributed by atoms with Gasteiger partial charge in [0.15, 0.2) is 0 Å². The molecule has 130 valence electrons. The predicted octanol–water partition coefficient (Wildman–Crippen LogP) is 3.03. The van der Waals surface area contributed by atoms with E-state index >= 15 is 0 Å². The van der Waals surface area contributed by atoms with Crippen molar-refractivity contribution >= 4 is 17.6 Å². The third-order valence-electron chi connectivity index (χ3n) is 4.66. The topological polar surface area (TPSA) is 58.6 Å². The van der Waals surface area contributed by atoms with Gasteiger partial charge in [-0.3, -0.25) is 9.69 Å². The Balaban J connectivity index is 1.60.